The minimum Gasteiger partial charge on any atom is -0.376 e. The summed E-state index contributed by atoms with van der Waals surface area (Å²) in [5.74, 6) is 0.464. The average molecular weight is 235 g/mol. The van der Waals surface area contributed by atoms with Crippen molar-refractivity contribution in [2.75, 3.05) is 12.3 Å². The van der Waals surface area contributed by atoms with Gasteiger partial charge in [0.25, 0.3) is 0 Å². The van der Waals surface area contributed by atoms with Crippen LogP contribution in [0.3, 0.4) is 0 Å². The maximum Gasteiger partial charge on any atom is 0.211 e. The van der Waals surface area contributed by atoms with Gasteiger partial charge in [0.05, 0.1) is 18.0 Å². The van der Waals surface area contributed by atoms with E-state index in [0.717, 1.165) is 12.8 Å². The molecule has 1 rings (SSSR count). The number of ether oxygens (including phenoxy) is 1. The van der Waals surface area contributed by atoms with Gasteiger partial charge in [-0.1, -0.05) is 6.92 Å². The summed E-state index contributed by atoms with van der Waals surface area (Å²) in [7, 11) is -3.08. The Hall–Kier alpha value is -0.130. The molecule has 0 amide bonds. The van der Waals surface area contributed by atoms with Crippen molar-refractivity contribution in [3.63, 3.8) is 0 Å². The molecule has 1 heterocycles. The van der Waals surface area contributed by atoms with Crippen LogP contribution in [0.1, 0.15) is 33.6 Å². The van der Waals surface area contributed by atoms with E-state index in [9.17, 15) is 8.42 Å². The van der Waals surface area contributed by atoms with E-state index in [1.54, 1.807) is 6.92 Å². The van der Waals surface area contributed by atoms with Gasteiger partial charge in [-0.2, -0.15) is 0 Å². The van der Waals surface area contributed by atoms with Crippen LogP contribution < -0.4 is 4.72 Å². The highest BCUT2D eigenvalue weighted by molar-refractivity contribution is 7.89. The first-order valence-corrected chi connectivity index (χ1v) is 7.21. The summed E-state index contributed by atoms with van der Waals surface area (Å²) < 4.78 is 31.2. The maximum atomic E-state index is 11.6. The minimum atomic E-state index is -3.08. The Morgan fingerprint density at radius 2 is 1.80 bits per heavy atom. The molecule has 0 spiro atoms. The molecule has 0 saturated carbocycles. The highest BCUT2D eigenvalue weighted by atomic mass is 32.2. The first kappa shape index (κ1) is 12.9. The molecule has 0 radical (unpaired) electrons. The van der Waals surface area contributed by atoms with E-state index in [4.69, 9.17) is 4.74 Å². The summed E-state index contributed by atoms with van der Waals surface area (Å²) in [4.78, 5) is 0. The molecule has 4 nitrogen and oxygen atoms in total. The fourth-order valence-electron chi connectivity index (χ4n) is 2.27. The predicted molar refractivity (Wildman–Crippen MR) is 60.2 cm³/mol. The Morgan fingerprint density at radius 3 is 2.27 bits per heavy atom. The summed E-state index contributed by atoms with van der Waals surface area (Å²) >= 11 is 0. The van der Waals surface area contributed by atoms with Crippen LogP contribution in [0.5, 0.6) is 0 Å². The van der Waals surface area contributed by atoms with Crippen LogP contribution in [0.4, 0.5) is 0 Å². The fourth-order valence-corrected chi connectivity index (χ4v) is 3.72. The number of sulfonamides is 1. The molecule has 1 saturated heterocycles. The second-order valence-corrected chi connectivity index (χ2v) is 6.23. The fraction of sp³-hybridized carbons (Fsp3) is 1.00. The van der Waals surface area contributed by atoms with Crippen LogP contribution in [-0.2, 0) is 14.8 Å². The Bertz CT molecular complexity index is 279. The number of hydrogen-bond acceptors (Lipinski definition) is 3. The molecule has 0 aliphatic carbocycles. The lowest BCUT2D eigenvalue weighted by atomic mass is 9.94. The zero-order valence-corrected chi connectivity index (χ0v) is 10.5. The number of hydrogen-bond donors (Lipinski definition) is 1. The summed E-state index contributed by atoms with van der Waals surface area (Å²) in [6, 6.07) is 0. The van der Waals surface area contributed by atoms with E-state index in [2.05, 4.69) is 4.72 Å². The molecule has 1 N–H and O–H groups in total. The minimum absolute atomic E-state index is 0.176. The molecule has 3 atom stereocenters. The van der Waals surface area contributed by atoms with Crippen LogP contribution in [0.25, 0.3) is 0 Å². The SMILES string of the molecule is CCNS(=O)(=O)CC1C[C@@H](C)O[C@@H](C)C1. The largest absolute Gasteiger partial charge is 0.376 e. The second kappa shape index (κ2) is 5.27. The molecule has 5 heteroatoms. The molecule has 0 aromatic heterocycles. The van der Waals surface area contributed by atoms with Gasteiger partial charge in [0, 0.05) is 6.54 Å². The molecule has 90 valence electrons. The van der Waals surface area contributed by atoms with Crippen molar-refractivity contribution in [3.05, 3.63) is 0 Å². The van der Waals surface area contributed by atoms with Crippen molar-refractivity contribution in [1.29, 1.82) is 0 Å². The van der Waals surface area contributed by atoms with Crippen LogP contribution in [0.2, 0.25) is 0 Å². The van der Waals surface area contributed by atoms with E-state index in [0.29, 0.717) is 6.54 Å². The lowest BCUT2D eigenvalue weighted by Crippen LogP contribution is -2.36. The van der Waals surface area contributed by atoms with Gasteiger partial charge in [-0.05, 0) is 32.6 Å². The van der Waals surface area contributed by atoms with Crippen molar-refractivity contribution in [2.24, 2.45) is 5.92 Å². The van der Waals surface area contributed by atoms with Crippen molar-refractivity contribution < 1.29 is 13.2 Å². The lowest BCUT2D eigenvalue weighted by molar-refractivity contribution is -0.0479. The smallest absolute Gasteiger partial charge is 0.211 e. The normalized spacial score (nSPS) is 32.9. The Labute approximate surface area is 92.4 Å². The lowest BCUT2D eigenvalue weighted by Gasteiger charge is -2.31. The topological polar surface area (TPSA) is 55.4 Å². The second-order valence-electron chi connectivity index (χ2n) is 4.37. The zero-order chi connectivity index (χ0) is 11.5. The average Bonchev–Trinajstić information content (AvgIpc) is 1.99. The van der Waals surface area contributed by atoms with Gasteiger partial charge < -0.3 is 4.74 Å². The third-order valence-electron chi connectivity index (χ3n) is 2.61. The molecule has 0 bridgehead atoms. The molecule has 0 aromatic carbocycles. The van der Waals surface area contributed by atoms with Gasteiger partial charge in [0.15, 0.2) is 0 Å². The quantitative estimate of drug-likeness (QED) is 0.794. The highest BCUT2D eigenvalue weighted by Crippen LogP contribution is 2.25. The van der Waals surface area contributed by atoms with E-state index in [1.165, 1.54) is 0 Å². The van der Waals surface area contributed by atoms with E-state index >= 15 is 0 Å². The van der Waals surface area contributed by atoms with Crippen LogP contribution in [-0.4, -0.2) is 32.9 Å². The molecule has 1 fully saturated rings. The third-order valence-corrected chi connectivity index (χ3v) is 4.25. The number of rotatable bonds is 4. The van der Waals surface area contributed by atoms with Crippen LogP contribution >= 0.6 is 0 Å². The van der Waals surface area contributed by atoms with E-state index in [-0.39, 0.29) is 23.9 Å². The first-order chi connectivity index (χ1) is 6.93. The van der Waals surface area contributed by atoms with Gasteiger partial charge >= 0.3 is 0 Å². The van der Waals surface area contributed by atoms with Gasteiger partial charge in [0.1, 0.15) is 0 Å². The monoisotopic (exact) mass is 235 g/mol. The van der Waals surface area contributed by atoms with Gasteiger partial charge in [-0.25, -0.2) is 13.1 Å². The van der Waals surface area contributed by atoms with E-state index < -0.39 is 10.0 Å². The van der Waals surface area contributed by atoms with E-state index in [1.807, 2.05) is 13.8 Å². The maximum absolute atomic E-state index is 11.6. The van der Waals surface area contributed by atoms with Crippen LogP contribution in [0, 0.1) is 5.92 Å². The first-order valence-electron chi connectivity index (χ1n) is 5.55. The van der Waals surface area contributed by atoms with Gasteiger partial charge in [-0.15, -0.1) is 0 Å². The molecule has 0 aromatic rings. The van der Waals surface area contributed by atoms with Crippen molar-refractivity contribution >= 4 is 10.0 Å². The molecule has 15 heavy (non-hydrogen) atoms. The summed E-state index contributed by atoms with van der Waals surface area (Å²) in [6.07, 6.45) is 2.04. The predicted octanol–water partition coefficient (Wildman–Crippen LogP) is 1.13. The standard InChI is InChI=1S/C10H21NO3S/c1-4-11-15(12,13)7-10-5-8(2)14-9(3)6-10/h8-11H,4-7H2,1-3H3/t8-,9+,10?. The molecule has 1 unspecified atom stereocenters. The Kier molecular flexibility index (Phi) is 4.55. The molecular weight excluding hydrogens is 214 g/mol. The zero-order valence-electron chi connectivity index (χ0n) is 9.69. The number of nitrogens with one attached hydrogen (secondary N) is 1. The van der Waals surface area contributed by atoms with Gasteiger partial charge in [-0.3, -0.25) is 0 Å². The summed E-state index contributed by atoms with van der Waals surface area (Å²) in [5, 5.41) is 0. The molecule has 1 aliphatic rings. The molecule has 1 aliphatic heterocycles. The summed E-state index contributed by atoms with van der Waals surface area (Å²) in [5.41, 5.74) is 0. The Balaban J connectivity index is 2.51. The van der Waals surface area contributed by atoms with Crippen molar-refractivity contribution in [1.82, 2.24) is 4.72 Å². The molecular formula is C10H21NO3S. The third kappa shape index (κ3) is 4.49. The highest BCUT2D eigenvalue weighted by Gasteiger charge is 2.27. The van der Waals surface area contributed by atoms with Gasteiger partial charge in [0.2, 0.25) is 10.0 Å². The summed E-state index contributed by atoms with van der Waals surface area (Å²) in [6.45, 7) is 6.27. The van der Waals surface area contributed by atoms with Crippen molar-refractivity contribution in [3.8, 4) is 0 Å². The van der Waals surface area contributed by atoms with Crippen LogP contribution in [0.15, 0.2) is 0 Å². The van der Waals surface area contributed by atoms with Crippen molar-refractivity contribution in [2.45, 2.75) is 45.8 Å². The Morgan fingerprint density at radius 1 is 1.27 bits per heavy atom.